The number of rotatable bonds is 4. The zero-order valence-electron chi connectivity index (χ0n) is 11.5. The molecule has 0 unspecified atom stereocenters. The van der Waals surface area contributed by atoms with Gasteiger partial charge < -0.3 is 5.11 Å². The molecule has 0 saturated carbocycles. The number of aliphatic carboxylic acids is 1. The van der Waals surface area contributed by atoms with E-state index in [-0.39, 0.29) is 6.54 Å². The Kier molecular flexibility index (Phi) is 3.76. The molecule has 2 rings (SSSR count). The lowest BCUT2D eigenvalue weighted by Gasteiger charge is -2.19. The fourth-order valence-electron chi connectivity index (χ4n) is 1.77. The molecule has 7 heteroatoms. The average Bonchev–Trinajstić information content (AvgIpc) is 2.80. The van der Waals surface area contributed by atoms with Gasteiger partial charge in [-0.25, -0.2) is 4.68 Å². The molecule has 1 aromatic carbocycles. The van der Waals surface area contributed by atoms with E-state index in [0.29, 0.717) is 16.4 Å². The highest BCUT2D eigenvalue weighted by Crippen LogP contribution is 2.29. The summed E-state index contributed by atoms with van der Waals surface area (Å²) in [7, 11) is 0. The third kappa shape index (κ3) is 2.65. The molecule has 1 aromatic heterocycles. The zero-order valence-corrected chi connectivity index (χ0v) is 12.2. The number of nitrogens with zero attached hydrogens (tertiary/aromatic N) is 4. The molecule has 0 aliphatic heterocycles. The van der Waals surface area contributed by atoms with E-state index in [9.17, 15) is 9.90 Å². The van der Waals surface area contributed by atoms with Crippen LogP contribution in [0.3, 0.4) is 0 Å². The van der Waals surface area contributed by atoms with Gasteiger partial charge in [0.05, 0.1) is 17.0 Å². The van der Waals surface area contributed by atoms with Crippen LogP contribution in [-0.2, 0) is 11.3 Å². The van der Waals surface area contributed by atoms with Crippen molar-refractivity contribution >= 4 is 17.6 Å². The summed E-state index contributed by atoms with van der Waals surface area (Å²) < 4.78 is 1.47. The van der Waals surface area contributed by atoms with Crippen LogP contribution in [0.5, 0.6) is 0 Å². The summed E-state index contributed by atoms with van der Waals surface area (Å²) in [6, 6.07) is 5.56. The van der Waals surface area contributed by atoms with Gasteiger partial charge in [0, 0.05) is 5.56 Å². The van der Waals surface area contributed by atoms with Crippen LogP contribution >= 0.6 is 11.6 Å². The average molecular weight is 295 g/mol. The Balaban J connectivity index is 2.44. The normalized spacial score (nSPS) is 11.6. The van der Waals surface area contributed by atoms with Gasteiger partial charge >= 0.3 is 5.97 Å². The predicted molar refractivity (Wildman–Crippen MR) is 74.4 cm³/mol. The molecule has 2 aromatic rings. The minimum Gasteiger partial charge on any atom is -0.481 e. The Morgan fingerprint density at radius 3 is 2.80 bits per heavy atom. The van der Waals surface area contributed by atoms with Gasteiger partial charge in [-0.3, -0.25) is 4.79 Å². The van der Waals surface area contributed by atoms with E-state index in [0.717, 1.165) is 5.56 Å². The van der Waals surface area contributed by atoms with Gasteiger partial charge in [-0.15, -0.1) is 5.10 Å². The van der Waals surface area contributed by atoms with Crippen molar-refractivity contribution in [1.29, 1.82) is 0 Å². The second-order valence-corrected chi connectivity index (χ2v) is 5.66. The van der Waals surface area contributed by atoms with Crippen molar-refractivity contribution in [3.63, 3.8) is 0 Å². The first-order valence-corrected chi connectivity index (χ1v) is 6.46. The second kappa shape index (κ2) is 5.20. The number of halogens is 1. The van der Waals surface area contributed by atoms with Gasteiger partial charge in [0.15, 0.2) is 5.82 Å². The van der Waals surface area contributed by atoms with E-state index < -0.39 is 11.4 Å². The number of tetrazole rings is 1. The van der Waals surface area contributed by atoms with Crippen LogP contribution < -0.4 is 0 Å². The van der Waals surface area contributed by atoms with E-state index in [1.807, 2.05) is 25.1 Å². The molecule has 0 bridgehead atoms. The maximum absolute atomic E-state index is 11.2. The van der Waals surface area contributed by atoms with Gasteiger partial charge in [0.25, 0.3) is 0 Å². The van der Waals surface area contributed by atoms with Crippen LogP contribution in [-0.4, -0.2) is 31.3 Å². The standard InChI is InChI=1S/C13H15ClN4O2/c1-8-5-4-6-9(10(8)14)11-15-16-17-18(11)7-13(2,3)12(19)20/h4-6H,7H2,1-3H3,(H,19,20). The first kappa shape index (κ1) is 14.5. The number of carbonyl (C=O) groups is 1. The SMILES string of the molecule is Cc1cccc(-c2nnnn2CC(C)(C)C(=O)O)c1Cl. The summed E-state index contributed by atoms with van der Waals surface area (Å²) in [5.41, 5.74) is 0.634. The minimum atomic E-state index is -0.972. The Bertz CT molecular complexity index is 652. The Hall–Kier alpha value is -1.95. The molecule has 0 aliphatic rings. The van der Waals surface area contributed by atoms with Crippen molar-refractivity contribution in [2.75, 3.05) is 0 Å². The number of hydrogen-bond donors (Lipinski definition) is 1. The Morgan fingerprint density at radius 1 is 1.45 bits per heavy atom. The number of benzene rings is 1. The first-order valence-electron chi connectivity index (χ1n) is 6.08. The lowest BCUT2D eigenvalue weighted by molar-refractivity contribution is -0.147. The van der Waals surface area contributed by atoms with E-state index >= 15 is 0 Å². The van der Waals surface area contributed by atoms with Crippen LogP contribution in [0.2, 0.25) is 5.02 Å². The monoisotopic (exact) mass is 294 g/mol. The van der Waals surface area contributed by atoms with Crippen LogP contribution in [0.4, 0.5) is 0 Å². The molecule has 0 radical (unpaired) electrons. The van der Waals surface area contributed by atoms with Crippen LogP contribution in [0.15, 0.2) is 18.2 Å². The van der Waals surface area contributed by atoms with Gasteiger partial charge in [0.2, 0.25) is 0 Å². The molecule has 0 spiro atoms. The number of aryl methyl sites for hydroxylation is 1. The van der Waals surface area contributed by atoms with Crippen molar-refractivity contribution in [3.05, 3.63) is 28.8 Å². The van der Waals surface area contributed by atoms with E-state index in [4.69, 9.17) is 11.6 Å². The third-order valence-corrected chi connectivity index (χ3v) is 3.59. The molecule has 0 fully saturated rings. The van der Waals surface area contributed by atoms with Gasteiger partial charge in [-0.1, -0.05) is 23.7 Å². The molecule has 0 aliphatic carbocycles. The number of aromatic nitrogens is 4. The Morgan fingerprint density at radius 2 is 2.15 bits per heavy atom. The molecule has 0 atom stereocenters. The summed E-state index contributed by atoms with van der Waals surface area (Å²) >= 11 is 6.27. The molecule has 106 valence electrons. The molecule has 0 amide bonds. The molecule has 1 N–H and O–H groups in total. The van der Waals surface area contributed by atoms with E-state index in [1.165, 1.54) is 4.68 Å². The van der Waals surface area contributed by atoms with Crippen LogP contribution in [0, 0.1) is 12.3 Å². The zero-order chi connectivity index (χ0) is 14.9. The summed E-state index contributed by atoms with van der Waals surface area (Å²) in [5.74, 6) is -0.442. The molecule has 1 heterocycles. The maximum Gasteiger partial charge on any atom is 0.310 e. The summed E-state index contributed by atoms with van der Waals surface area (Å²) in [4.78, 5) is 11.2. The largest absolute Gasteiger partial charge is 0.481 e. The van der Waals surface area contributed by atoms with Crippen molar-refractivity contribution < 1.29 is 9.90 Å². The molecule has 20 heavy (non-hydrogen) atoms. The fraction of sp³-hybridized carbons (Fsp3) is 0.385. The summed E-state index contributed by atoms with van der Waals surface area (Å²) in [5, 5.41) is 21.2. The first-order chi connectivity index (χ1) is 9.33. The molecular formula is C13H15ClN4O2. The molecule has 0 saturated heterocycles. The predicted octanol–water partition coefficient (Wildman–Crippen LogP) is 2.41. The number of carboxylic acid groups (broad SMARTS) is 1. The quantitative estimate of drug-likeness (QED) is 0.936. The van der Waals surface area contributed by atoms with Crippen LogP contribution in [0.1, 0.15) is 19.4 Å². The van der Waals surface area contributed by atoms with Crippen molar-refractivity contribution in [2.45, 2.75) is 27.3 Å². The summed E-state index contributed by atoms with van der Waals surface area (Å²) in [6.07, 6.45) is 0. The highest BCUT2D eigenvalue weighted by atomic mass is 35.5. The van der Waals surface area contributed by atoms with E-state index in [2.05, 4.69) is 15.5 Å². The number of carboxylic acids is 1. The smallest absolute Gasteiger partial charge is 0.310 e. The highest BCUT2D eigenvalue weighted by Gasteiger charge is 2.30. The molecular weight excluding hydrogens is 280 g/mol. The number of hydrogen-bond acceptors (Lipinski definition) is 4. The van der Waals surface area contributed by atoms with Crippen molar-refractivity contribution in [1.82, 2.24) is 20.2 Å². The van der Waals surface area contributed by atoms with E-state index in [1.54, 1.807) is 13.8 Å². The highest BCUT2D eigenvalue weighted by molar-refractivity contribution is 6.33. The Labute approximate surface area is 121 Å². The maximum atomic E-state index is 11.2. The summed E-state index contributed by atoms with van der Waals surface area (Å²) in [6.45, 7) is 5.30. The molecule has 6 nitrogen and oxygen atoms in total. The van der Waals surface area contributed by atoms with Crippen molar-refractivity contribution in [3.8, 4) is 11.4 Å². The fourth-order valence-corrected chi connectivity index (χ4v) is 1.98. The van der Waals surface area contributed by atoms with Gasteiger partial charge in [0.1, 0.15) is 0 Å². The lowest BCUT2D eigenvalue weighted by atomic mass is 9.94. The topological polar surface area (TPSA) is 80.9 Å². The van der Waals surface area contributed by atoms with Gasteiger partial charge in [-0.05, 0) is 42.8 Å². The van der Waals surface area contributed by atoms with Crippen molar-refractivity contribution in [2.24, 2.45) is 5.41 Å². The van der Waals surface area contributed by atoms with Gasteiger partial charge in [-0.2, -0.15) is 0 Å². The second-order valence-electron chi connectivity index (χ2n) is 5.29. The lowest BCUT2D eigenvalue weighted by Crippen LogP contribution is -2.30. The third-order valence-electron chi connectivity index (χ3n) is 3.09. The van der Waals surface area contributed by atoms with Crippen LogP contribution in [0.25, 0.3) is 11.4 Å². The minimum absolute atomic E-state index is 0.162.